The number of carbonyl (C=O) groups is 1. The van der Waals surface area contributed by atoms with Crippen molar-refractivity contribution in [1.29, 1.82) is 0 Å². The summed E-state index contributed by atoms with van der Waals surface area (Å²) < 4.78 is 12.8. The van der Waals surface area contributed by atoms with Crippen molar-refractivity contribution in [2.45, 2.75) is 5.75 Å². The van der Waals surface area contributed by atoms with E-state index in [2.05, 4.69) is 10.4 Å². The van der Waals surface area contributed by atoms with Crippen LogP contribution in [-0.4, -0.2) is 26.2 Å². The zero-order valence-electron chi connectivity index (χ0n) is 10.8. The van der Waals surface area contributed by atoms with E-state index in [9.17, 15) is 9.00 Å². The number of hydrogen-bond acceptors (Lipinski definition) is 3. The van der Waals surface area contributed by atoms with E-state index in [1.165, 1.54) is 0 Å². The second-order valence-electron chi connectivity index (χ2n) is 4.27. The lowest BCUT2D eigenvalue weighted by atomic mass is 10.1. The van der Waals surface area contributed by atoms with Gasteiger partial charge in [-0.25, -0.2) is 0 Å². The molecule has 0 bridgehead atoms. The maximum Gasteiger partial charge on any atom is 0.255 e. The van der Waals surface area contributed by atoms with Gasteiger partial charge in [-0.15, -0.1) is 0 Å². The van der Waals surface area contributed by atoms with Gasteiger partial charge in [0.15, 0.2) is 0 Å². The fourth-order valence-corrected chi connectivity index (χ4v) is 2.38. The second kappa shape index (κ2) is 5.79. The molecule has 0 saturated carbocycles. The fraction of sp³-hybridized carbons (Fsp3) is 0.231. The molecule has 6 heteroatoms. The van der Waals surface area contributed by atoms with Crippen molar-refractivity contribution in [2.75, 3.05) is 11.6 Å². The highest BCUT2D eigenvalue weighted by Crippen LogP contribution is 2.11. The first-order valence-electron chi connectivity index (χ1n) is 5.73. The largest absolute Gasteiger partial charge is 0.319 e. The minimum absolute atomic E-state index is 0.197. The molecule has 0 spiro atoms. The summed E-state index contributed by atoms with van der Waals surface area (Å²) in [6.45, 7) is 0. The lowest BCUT2D eigenvalue weighted by Gasteiger charge is -2.04. The minimum Gasteiger partial charge on any atom is -0.319 e. The molecule has 19 heavy (non-hydrogen) atoms. The second-order valence-corrected chi connectivity index (χ2v) is 5.71. The maximum atomic E-state index is 12.0. The van der Waals surface area contributed by atoms with Crippen LogP contribution in [0.1, 0.15) is 15.9 Å². The van der Waals surface area contributed by atoms with Gasteiger partial charge in [0.1, 0.15) is 0 Å². The first-order valence-corrected chi connectivity index (χ1v) is 7.46. The average molecular weight is 277 g/mol. The highest BCUT2D eigenvalue weighted by Gasteiger charge is 2.08. The van der Waals surface area contributed by atoms with Crippen LogP contribution in [0.5, 0.6) is 0 Å². The highest BCUT2D eigenvalue weighted by molar-refractivity contribution is 7.83. The molecule has 1 aromatic carbocycles. The molecule has 5 nitrogen and oxygen atoms in total. The molecule has 2 rings (SSSR count). The van der Waals surface area contributed by atoms with E-state index >= 15 is 0 Å². The third-order valence-corrected chi connectivity index (χ3v) is 3.26. The van der Waals surface area contributed by atoms with Crippen molar-refractivity contribution in [2.24, 2.45) is 7.05 Å². The van der Waals surface area contributed by atoms with Gasteiger partial charge in [-0.2, -0.15) is 5.10 Å². The number of anilines is 1. The lowest BCUT2D eigenvalue weighted by molar-refractivity contribution is 0.102. The molecule has 1 aromatic heterocycles. The zero-order valence-corrected chi connectivity index (χ0v) is 11.6. The Morgan fingerprint density at radius 1 is 1.47 bits per heavy atom. The predicted octanol–water partition coefficient (Wildman–Crippen LogP) is 1.55. The maximum absolute atomic E-state index is 12.0. The number of rotatable bonds is 4. The van der Waals surface area contributed by atoms with Gasteiger partial charge in [-0.1, -0.05) is 12.1 Å². The molecule has 0 aliphatic rings. The summed E-state index contributed by atoms with van der Waals surface area (Å²) in [5.41, 5.74) is 2.09. The normalized spacial score (nSPS) is 12.1. The number of aryl methyl sites for hydroxylation is 1. The number of amides is 1. The van der Waals surface area contributed by atoms with Crippen molar-refractivity contribution in [3.05, 3.63) is 47.8 Å². The standard InChI is InChI=1S/C13H15N3O2S/c1-16-8-12(7-14-16)15-13(17)11-5-3-4-10(6-11)9-19(2)18/h3-8H,9H2,1-2H3,(H,15,17). The molecule has 0 aliphatic heterocycles. The monoisotopic (exact) mass is 277 g/mol. The minimum atomic E-state index is -0.918. The number of benzene rings is 1. The molecule has 1 atom stereocenters. The number of aromatic nitrogens is 2. The molecule has 0 saturated heterocycles. The Labute approximate surface area is 114 Å². The van der Waals surface area contributed by atoms with Gasteiger partial charge in [-0.3, -0.25) is 13.7 Å². The van der Waals surface area contributed by atoms with Gasteiger partial charge in [-0.05, 0) is 17.7 Å². The Hall–Kier alpha value is -1.95. The molecule has 1 N–H and O–H groups in total. The van der Waals surface area contributed by atoms with Gasteiger partial charge >= 0.3 is 0 Å². The van der Waals surface area contributed by atoms with Crippen LogP contribution in [-0.2, 0) is 23.6 Å². The Bertz CT molecular complexity index is 622. The van der Waals surface area contributed by atoms with E-state index in [0.717, 1.165) is 5.56 Å². The van der Waals surface area contributed by atoms with Crippen LogP contribution in [0.4, 0.5) is 5.69 Å². The van der Waals surface area contributed by atoms with Crippen molar-refractivity contribution >= 4 is 22.4 Å². The SMILES string of the molecule is Cn1cc(NC(=O)c2cccc(CS(C)=O)c2)cn1. The van der Waals surface area contributed by atoms with Gasteiger partial charge in [0.05, 0.1) is 11.9 Å². The first-order chi connectivity index (χ1) is 9.04. The van der Waals surface area contributed by atoms with Gasteiger partial charge in [0.2, 0.25) is 0 Å². The average Bonchev–Trinajstić information content (AvgIpc) is 2.74. The van der Waals surface area contributed by atoms with Crippen molar-refractivity contribution < 1.29 is 9.00 Å². The molecular formula is C13H15N3O2S. The summed E-state index contributed by atoms with van der Waals surface area (Å²) in [5, 5.41) is 6.74. The number of hydrogen-bond donors (Lipinski definition) is 1. The molecule has 1 heterocycles. The molecular weight excluding hydrogens is 262 g/mol. The van der Waals surface area contributed by atoms with Gasteiger partial charge < -0.3 is 5.32 Å². The summed E-state index contributed by atoms with van der Waals surface area (Å²) in [6, 6.07) is 7.14. The predicted molar refractivity (Wildman–Crippen MR) is 75.4 cm³/mol. The van der Waals surface area contributed by atoms with Crippen LogP contribution in [0.2, 0.25) is 0 Å². The summed E-state index contributed by atoms with van der Waals surface area (Å²) in [5.74, 6) is 0.255. The van der Waals surface area contributed by atoms with Crippen LogP contribution >= 0.6 is 0 Å². The number of nitrogens with zero attached hydrogens (tertiary/aromatic N) is 2. The molecule has 100 valence electrons. The van der Waals surface area contributed by atoms with E-state index in [-0.39, 0.29) is 5.91 Å². The summed E-state index contributed by atoms with van der Waals surface area (Å²) in [4.78, 5) is 12.0. The van der Waals surface area contributed by atoms with E-state index < -0.39 is 10.8 Å². The van der Waals surface area contributed by atoms with E-state index in [1.54, 1.807) is 48.6 Å². The molecule has 0 aliphatic carbocycles. The Morgan fingerprint density at radius 2 is 2.26 bits per heavy atom. The Kier molecular flexibility index (Phi) is 4.11. The van der Waals surface area contributed by atoms with E-state index in [4.69, 9.17) is 0 Å². The Balaban J connectivity index is 2.12. The van der Waals surface area contributed by atoms with Crippen LogP contribution in [0.25, 0.3) is 0 Å². The van der Waals surface area contributed by atoms with Gasteiger partial charge in [0.25, 0.3) is 5.91 Å². The summed E-state index contributed by atoms with van der Waals surface area (Å²) in [7, 11) is 0.867. The fourth-order valence-electron chi connectivity index (χ4n) is 1.73. The number of nitrogens with one attached hydrogen (secondary N) is 1. The third kappa shape index (κ3) is 3.75. The van der Waals surface area contributed by atoms with Crippen LogP contribution in [0.3, 0.4) is 0 Å². The Morgan fingerprint density at radius 3 is 2.89 bits per heavy atom. The van der Waals surface area contributed by atoms with Gasteiger partial charge in [0, 0.05) is 41.6 Å². The molecule has 0 radical (unpaired) electrons. The molecule has 0 fully saturated rings. The summed E-state index contributed by atoms with van der Waals surface area (Å²) in [6.07, 6.45) is 4.95. The van der Waals surface area contributed by atoms with Crippen LogP contribution < -0.4 is 5.32 Å². The first kappa shape index (κ1) is 13.5. The topological polar surface area (TPSA) is 64.0 Å². The third-order valence-electron chi connectivity index (χ3n) is 2.52. The zero-order chi connectivity index (χ0) is 13.8. The number of carbonyl (C=O) groups excluding carboxylic acids is 1. The molecule has 2 aromatic rings. The highest BCUT2D eigenvalue weighted by atomic mass is 32.2. The molecule has 1 unspecified atom stereocenters. The molecule has 1 amide bonds. The van der Waals surface area contributed by atoms with Crippen LogP contribution in [0, 0.1) is 0 Å². The van der Waals surface area contributed by atoms with Crippen molar-refractivity contribution in [3.8, 4) is 0 Å². The quantitative estimate of drug-likeness (QED) is 0.922. The smallest absolute Gasteiger partial charge is 0.255 e. The van der Waals surface area contributed by atoms with Crippen molar-refractivity contribution in [1.82, 2.24) is 9.78 Å². The van der Waals surface area contributed by atoms with E-state index in [1.807, 2.05) is 6.07 Å². The summed E-state index contributed by atoms with van der Waals surface area (Å²) >= 11 is 0. The van der Waals surface area contributed by atoms with E-state index in [0.29, 0.717) is 17.0 Å². The van der Waals surface area contributed by atoms with Crippen LogP contribution in [0.15, 0.2) is 36.7 Å². The van der Waals surface area contributed by atoms with Crippen molar-refractivity contribution in [3.63, 3.8) is 0 Å². The lowest BCUT2D eigenvalue weighted by Crippen LogP contribution is -2.11.